The van der Waals surface area contributed by atoms with E-state index in [1.807, 2.05) is 25.1 Å². The number of nitrogens with one attached hydrogen (secondary N) is 1. The number of hydrogen-bond donors (Lipinski definition) is 2. The van der Waals surface area contributed by atoms with Crippen molar-refractivity contribution in [1.29, 1.82) is 0 Å². The molecule has 0 atom stereocenters. The Labute approximate surface area is 135 Å². The minimum absolute atomic E-state index is 0.0604. The summed E-state index contributed by atoms with van der Waals surface area (Å²) in [4.78, 5) is 2.77. The maximum atomic E-state index is 12.7. The van der Waals surface area contributed by atoms with Gasteiger partial charge in [-0.15, -0.1) is 5.11 Å². The summed E-state index contributed by atoms with van der Waals surface area (Å²) in [5.41, 5.74) is 1.21. The van der Waals surface area contributed by atoms with Gasteiger partial charge in [0.1, 0.15) is 0 Å². The fourth-order valence-electron chi connectivity index (χ4n) is 2.38. The standard InChI is InChI=1S/C17H14F3N3O/c1-2-10-6-7-14-13(8-10)15(16(24)21-14)23-22-12-5-3-4-11(9-12)17(18,19)20/h3-9,21,24H,2H2,1H3. The number of aryl methyl sites for hydroxylation is 1. The average Bonchev–Trinajstić information content (AvgIpc) is 2.86. The number of azo groups is 1. The Morgan fingerprint density at radius 3 is 2.58 bits per heavy atom. The van der Waals surface area contributed by atoms with Crippen molar-refractivity contribution in [2.75, 3.05) is 0 Å². The number of benzene rings is 2. The molecule has 0 saturated heterocycles. The lowest BCUT2D eigenvalue weighted by molar-refractivity contribution is -0.137. The third-order valence-corrected chi connectivity index (χ3v) is 3.66. The van der Waals surface area contributed by atoms with Gasteiger partial charge >= 0.3 is 6.18 Å². The number of aromatic amines is 1. The molecule has 0 aliphatic carbocycles. The van der Waals surface area contributed by atoms with Crippen molar-refractivity contribution in [2.45, 2.75) is 19.5 Å². The van der Waals surface area contributed by atoms with E-state index in [0.29, 0.717) is 10.9 Å². The summed E-state index contributed by atoms with van der Waals surface area (Å²) in [6.45, 7) is 2.00. The zero-order valence-corrected chi connectivity index (χ0v) is 12.7. The zero-order chi connectivity index (χ0) is 17.3. The molecule has 3 aromatic rings. The lowest BCUT2D eigenvalue weighted by Gasteiger charge is -2.05. The molecule has 0 saturated carbocycles. The van der Waals surface area contributed by atoms with Crippen LogP contribution in [-0.4, -0.2) is 10.1 Å². The number of H-pyrrole nitrogens is 1. The monoisotopic (exact) mass is 333 g/mol. The van der Waals surface area contributed by atoms with Crippen molar-refractivity contribution < 1.29 is 18.3 Å². The number of fused-ring (bicyclic) bond motifs is 1. The molecule has 0 aliphatic heterocycles. The van der Waals surface area contributed by atoms with Gasteiger partial charge in [0.25, 0.3) is 0 Å². The van der Waals surface area contributed by atoms with Gasteiger partial charge in [-0.2, -0.15) is 18.3 Å². The number of rotatable bonds is 3. The molecule has 0 amide bonds. The van der Waals surface area contributed by atoms with Gasteiger partial charge in [0.15, 0.2) is 5.69 Å². The summed E-state index contributed by atoms with van der Waals surface area (Å²) in [5.74, 6) is -0.172. The average molecular weight is 333 g/mol. The second-order valence-corrected chi connectivity index (χ2v) is 5.30. The van der Waals surface area contributed by atoms with E-state index in [1.54, 1.807) is 0 Å². The maximum absolute atomic E-state index is 12.7. The van der Waals surface area contributed by atoms with E-state index in [9.17, 15) is 18.3 Å². The number of aromatic hydroxyl groups is 1. The first-order valence-electron chi connectivity index (χ1n) is 7.31. The van der Waals surface area contributed by atoms with Crippen LogP contribution in [0.15, 0.2) is 52.7 Å². The first kappa shape index (κ1) is 16.0. The van der Waals surface area contributed by atoms with Crippen LogP contribution in [0.1, 0.15) is 18.1 Å². The van der Waals surface area contributed by atoms with E-state index >= 15 is 0 Å². The predicted molar refractivity (Wildman–Crippen MR) is 85.0 cm³/mol. The van der Waals surface area contributed by atoms with Gasteiger partial charge in [0.05, 0.1) is 16.8 Å². The van der Waals surface area contributed by atoms with Crippen molar-refractivity contribution in [3.8, 4) is 5.88 Å². The number of alkyl halides is 3. The lowest BCUT2D eigenvalue weighted by Crippen LogP contribution is -2.03. The van der Waals surface area contributed by atoms with Gasteiger partial charge in [-0.3, -0.25) is 0 Å². The van der Waals surface area contributed by atoms with E-state index in [2.05, 4.69) is 15.2 Å². The molecule has 0 radical (unpaired) electrons. The smallest absolute Gasteiger partial charge is 0.416 e. The molecule has 1 heterocycles. The Morgan fingerprint density at radius 2 is 1.88 bits per heavy atom. The van der Waals surface area contributed by atoms with Crippen LogP contribution >= 0.6 is 0 Å². The van der Waals surface area contributed by atoms with E-state index in [1.165, 1.54) is 12.1 Å². The van der Waals surface area contributed by atoms with Gasteiger partial charge in [-0.1, -0.05) is 19.1 Å². The molecule has 4 nitrogen and oxygen atoms in total. The first-order chi connectivity index (χ1) is 11.4. The van der Waals surface area contributed by atoms with E-state index < -0.39 is 11.7 Å². The molecule has 0 bridgehead atoms. The summed E-state index contributed by atoms with van der Waals surface area (Å²) in [6.07, 6.45) is -3.63. The summed E-state index contributed by atoms with van der Waals surface area (Å²) in [6, 6.07) is 10.2. The van der Waals surface area contributed by atoms with Crippen LogP contribution in [0.5, 0.6) is 5.88 Å². The summed E-state index contributed by atoms with van der Waals surface area (Å²) in [7, 11) is 0. The molecule has 7 heteroatoms. The Morgan fingerprint density at radius 1 is 1.08 bits per heavy atom. The Bertz CT molecular complexity index is 913. The number of hydrogen-bond acceptors (Lipinski definition) is 3. The molecule has 3 rings (SSSR count). The van der Waals surface area contributed by atoms with Gasteiger partial charge in [-0.25, -0.2) is 0 Å². The second kappa shape index (κ2) is 5.99. The van der Waals surface area contributed by atoms with Crippen molar-refractivity contribution in [3.05, 3.63) is 53.6 Å². The topological polar surface area (TPSA) is 60.7 Å². The fraction of sp³-hybridized carbons (Fsp3) is 0.176. The second-order valence-electron chi connectivity index (χ2n) is 5.30. The maximum Gasteiger partial charge on any atom is 0.416 e. The number of halogens is 3. The van der Waals surface area contributed by atoms with Crippen molar-refractivity contribution in [1.82, 2.24) is 4.98 Å². The zero-order valence-electron chi connectivity index (χ0n) is 12.7. The van der Waals surface area contributed by atoms with Crippen LogP contribution < -0.4 is 0 Å². The minimum atomic E-state index is -4.44. The van der Waals surface area contributed by atoms with Gasteiger partial charge in [-0.05, 0) is 42.3 Å². The predicted octanol–water partition coefficient (Wildman–Crippen LogP) is 5.87. The molecule has 24 heavy (non-hydrogen) atoms. The van der Waals surface area contributed by atoms with E-state index in [-0.39, 0.29) is 17.3 Å². The Balaban J connectivity index is 2.00. The molecule has 0 spiro atoms. The van der Waals surface area contributed by atoms with Crippen LogP contribution in [0.25, 0.3) is 10.9 Å². The fourth-order valence-corrected chi connectivity index (χ4v) is 2.38. The molecule has 2 aromatic carbocycles. The Hall–Kier alpha value is -2.83. The number of aromatic nitrogens is 1. The van der Waals surface area contributed by atoms with Crippen LogP contribution in [-0.2, 0) is 12.6 Å². The molecule has 124 valence electrons. The summed E-state index contributed by atoms with van der Waals surface area (Å²) >= 11 is 0. The molecular weight excluding hydrogens is 319 g/mol. The summed E-state index contributed by atoms with van der Waals surface area (Å²) < 4.78 is 38.2. The van der Waals surface area contributed by atoms with Crippen LogP contribution in [0, 0.1) is 0 Å². The highest BCUT2D eigenvalue weighted by atomic mass is 19.4. The largest absolute Gasteiger partial charge is 0.493 e. The first-order valence-corrected chi connectivity index (χ1v) is 7.31. The molecule has 0 aliphatic rings. The molecule has 1 aromatic heterocycles. The lowest BCUT2D eigenvalue weighted by atomic mass is 10.1. The highest BCUT2D eigenvalue weighted by Gasteiger charge is 2.30. The quantitative estimate of drug-likeness (QED) is 0.579. The van der Waals surface area contributed by atoms with Crippen molar-refractivity contribution in [2.24, 2.45) is 10.2 Å². The van der Waals surface area contributed by atoms with Crippen molar-refractivity contribution in [3.63, 3.8) is 0 Å². The highest BCUT2D eigenvalue weighted by molar-refractivity contribution is 5.94. The highest BCUT2D eigenvalue weighted by Crippen LogP contribution is 2.37. The molecular formula is C17H14F3N3O. The van der Waals surface area contributed by atoms with Crippen LogP contribution in [0.3, 0.4) is 0 Å². The number of nitrogens with zero attached hydrogens (tertiary/aromatic N) is 2. The normalized spacial score (nSPS) is 12.3. The van der Waals surface area contributed by atoms with Crippen molar-refractivity contribution >= 4 is 22.3 Å². The Kier molecular flexibility index (Phi) is 4.01. The third-order valence-electron chi connectivity index (χ3n) is 3.66. The molecule has 0 unspecified atom stereocenters. The van der Waals surface area contributed by atoms with Gasteiger partial charge in [0, 0.05) is 5.39 Å². The van der Waals surface area contributed by atoms with Crippen LogP contribution in [0.4, 0.5) is 24.5 Å². The third kappa shape index (κ3) is 3.10. The molecule has 2 N–H and O–H groups in total. The van der Waals surface area contributed by atoms with E-state index in [0.717, 1.165) is 24.1 Å². The summed E-state index contributed by atoms with van der Waals surface area (Å²) in [5, 5.41) is 18.4. The van der Waals surface area contributed by atoms with E-state index in [4.69, 9.17) is 0 Å². The molecule has 0 fully saturated rings. The SMILES string of the molecule is CCc1ccc2[nH]c(O)c(N=Nc3cccc(C(F)(F)F)c3)c2c1. The van der Waals surface area contributed by atoms with Crippen LogP contribution in [0.2, 0.25) is 0 Å². The van der Waals surface area contributed by atoms with Gasteiger partial charge in [0.2, 0.25) is 5.88 Å². The minimum Gasteiger partial charge on any atom is -0.493 e. The van der Waals surface area contributed by atoms with Gasteiger partial charge < -0.3 is 10.1 Å².